The largest absolute Gasteiger partial charge is 0.467 e. The first kappa shape index (κ1) is 8.35. The second-order valence-electron chi connectivity index (χ2n) is 1.33. The van der Waals surface area contributed by atoms with Crippen molar-refractivity contribution in [3.05, 3.63) is 0 Å². The molecule has 0 saturated carbocycles. The monoisotopic (exact) mass is 135 g/mol. The molecule has 0 saturated heterocycles. The summed E-state index contributed by atoms with van der Waals surface area (Å²) in [5.74, 6) is 3.92. The molecule has 1 atom stereocenters. The number of aliphatic hydroxyl groups excluding tert-OH is 1. The molecule has 0 fully saturated rings. The lowest BCUT2D eigenvalue weighted by Gasteiger charge is -2.06. The zero-order chi connectivity index (χ0) is 7.28. The Balaban J connectivity index is 3.64. The van der Waals surface area contributed by atoms with Gasteiger partial charge in [0, 0.05) is 0 Å². The summed E-state index contributed by atoms with van der Waals surface area (Å²) in [4.78, 5) is 14.4. The number of hydrogen-bond donors (Lipinski definition) is 2. The van der Waals surface area contributed by atoms with Gasteiger partial charge in [0.15, 0.2) is 6.10 Å². The van der Waals surface area contributed by atoms with Crippen molar-refractivity contribution in [2.24, 2.45) is 5.90 Å². The summed E-state index contributed by atoms with van der Waals surface area (Å²) in [5, 5.41) is 8.32. The Morgan fingerprint density at radius 3 is 2.56 bits per heavy atom. The molecule has 0 aromatic heterocycles. The second-order valence-corrected chi connectivity index (χ2v) is 1.33. The van der Waals surface area contributed by atoms with Gasteiger partial charge in [0.1, 0.15) is 0 Å². The maximum absolute atomic E-state index is 10.4. The number of rotatable bonds is 3. The Labute approximate surface area is 52.3 Å². The average Bonchev–Trinajstić information content (AvgIpc) is 1.90. The number of ether oxygens (including phenoxy) is 1. The van der Waals surface area contributed by atoms with E-state index >= 15 is 0 Å². The van der Waals surface area contributed by atoms with Gasteiger partial charge >= 0.3 is 5.97 Å². The highest BCUT2D eigenvalue weighted by atomic mass is 16.7. The molecule has 0 heterocycles. The van der Waals surface area contributed by atoms with Crippen LogP contribution in [0.2, 0.25) is 0 Å². The molecule has 5 nitrogen and oxygen atoms in total. The molecule has 5 heteroatoms. The minimum Gasteiger partial charge on any atom is -0.467 e. The Morgan fingerprint density at radius 2 is 2.44 bits per heavy atom. The fourth-order valence-corrected chi connectivity index (χ4v) is 0.305. The van der Waals surface area contributed by atoms with E-state index in [0.29, 0.717) is 0 Å². The first-order valence-corrected chi connectivity index (χ1v) is 2.30. The van der Waals surface area contributed by atoms with E-state index in [1.807, 2.05) is 0 Å². The van der Waals surface area contributed by atoms with Gasteiger partial charge in [-0.25, -0.2) is 10.7 Å². The Morgan fingerprint density at radius 1 is 1.89 bits per heavy atom. The number of esters is 1. The average molecular weight is 135 g/mol. The maximum Gasteiger partial charge on any atom is 0.339 e. The molecule has 0 bridgehead atoms. The first-order valence-electron chi connectivity index (χ1n) is 2.30. The van der Waals surface area contributed by atoms with Gasteiger partial charge in [0.2, 0.25) is 0 Å². The van der Waals surface area contributed by atoms with Crippen LogP contribution in [0, 0.1) is 0 Å². The molecule has 0 aromatic rings. The van der Waals surface area contributed by atoms with Crippen molar-refractivity contribution in [3.63, 3.8) is 0 Å². The third kappa shape index (κ3) is 2.41. The minimum atomic E-state index is -1.06. The molecule has 0 amide bonds. The van der Waals surface area contributed by atoms with E-state index in [4.69, 9.17) is 5.11 Å². The zero-order valence-corrected chi connectivity index (χ0v) is 5.03. The molecule has 3 N–H and O–H groups in total. The van der Waals surface area contributed by atoms with Crippen molar-refractivity contribution in [3.8, 4) is 0 Å². The van der Waals surface area contributed by atoms with Crippen LogP contribution in [-0.4, -0.2) is 30.9 Å². The SMILES string of the molecule is COC(=O)C(CO)ON. The number of carbonyl (C=O) groups excluding carboxylic acids is 1. The molecule has 0 radical (unpaired) electrons. The highest BCUT2D eigenvalue weighted by Crippen LogP contribution is 1.87. The van der Waals surface area contributed by atoms with Gasteiger partial charge in [-0.1, -0.05) is 0 Å². The van der Waals surface area contributed by atoms with Crippen molar-refractivity contribution in [2.75, 3.05) is 13.7 Å². The van der Waals surface area contributed by atoms with E-state index in [2.05, 4.69) is 15.5 Å². The molecule has 1 unspecified atom stereocenters. The lowest BCUT2D eigenvalue weighted by molar-refractivity contribution is -0.157. The van der Waals surface area contributed by atoms with Crippen LogP contribution in [0.3, 0.4) is 0 Å². The van der Waals surface area contributed by atoms with Crippen LogP contribution < -0.4 is 5.90 Å². The van der Waals surface area contributed by atoms with Crippen molar-refractivity contribution < 1.29 is 19.5 Å². The van der Waals surface area contributed by atoms with Crippen LogP contribution in [0.5, 0.6) is 0 Å². The van der Waals surface area contributed by atoms with Crippen LogP contribution in [0.15, 0.2) is 0 Å². The normalized spacial score (nSPS) is 12.8. The van der Waals surface area contributed by atoms with E-state index in [1.165, 1.54) is 7.11 Å². The summed E-state index contributed by atoms with van der Waals surface area (Å²) in [6, 6.07) is 0. The number of hydrogen-bond acceptors (Lipinski definition) is 5. The van der Waals surface area contributed by atoms with Crippen molar-refractivity contribution >= 4 is 5.97 Å². The Hall–Kier alpha value is -0.650. The Bertz CT molecular complexity index is 90.6. The Kier molecular flexibility index (Phi) is 3.94. The molecule has 0 aliphatic rings. The molecule has 54 valence electrons. The smallest absolute Gasteiger partial charge is 0.339 e. The molecule has 0 aliphatic carbocycles. The summed E-state index contributed by atoms with van der Waals surface area (Å²) in [5.41, 5.74) is 0. The van der Waals surface area contributed by atoms with Crippen LogP contribution in [0.1, 0.15) is 0 Å². The van der Waals surface area contributed by atoms with Crippen LogP contribution in [-0.2, 0) is 14.4 Å². The summed E-state index contributed by atoms with van der Waals surface area (Å²) >= 11 is 0. The lowest BCUT2D eigenvalue weighted by atomic mass is 10.4. The van der Waals surface area contributed by atoms with Crippen LogP contribution in [0.25, 0.3) is 0 Å². The summed E-state index contributed by atoms with van der Waals surface area (Å²) in [7, 11) is 1.18. The predicted molar refractivity (Wildman–Crippen MR) is 28.2 cm³/mol. The topological polar surface area (TPSA) is 81.8 Å². The predicted octanol–water partition coefficient (Wildman–Crippen LogP) is -1.59. The quantitative estimate of drug-likeness (QED) is 0.360. The van der Waals surface area contributed by atoms with Gasteiger partial charge in [-0.2, -0.15) is 0 Å². The summed E-state index contributed by atoms with van der Waals surface area (Å²) in [6.07, 6.45) is -1.06. The van der Waals surface area contributed by atoms with Gasteiger partial charge in [0.25, 0.3) is 0 Å². The van der Waals surface area contributed by atoms with Crippen molar-refractivity contribution in [1.29, 1.82) is 0 Å². The fourth-order valence-electron chi connectivity index (χ4n) is 0.305. The summed E-state index contributed by atoms with van der Waals surface area (Å²) in [6.45, 7) is -0.469. The second kappa shape index (κ2) is 4.25. The lowest BCUT2D eigenvalue weighted by Crippen LogP contribution is -2.31. The third-order valence-corrected chi connectivity index (χ3v) is 0.794. The van der Waals surface area contributed by atoms with Crippen molar-refractivity contribution in [2.45, 2.75) is 6.10 Å². The standard InChI is InChI=1S/C4H9NO4/c1-8-4(7)3(2-6)9-5/h3,6H,2,5H2,1H3. The number of nitrogens with two attached hydrogens (primary N) is 1. The zero-order valence-electron chi connectivity index (χ0n) is 5.03. The maximum atomic E-state index is 10.4. The molecule has 0 aromatic carbocycles. The number of methoxy groups -OCH3 is 1. The number of aliphatic hydroxyl groups is 1. The van der Waals surface area contributed by atoms with Crippen LogP contribution in [0.4, 0.5) is 0 Å². The van der Waals surface area contributed by atoms with E-state index in [0.717, 1.165) is 0 Å². The van der Waals surface area contributed by atoms with Gasteiger partial charge in [-0.05, 0) is 0 Å². The van der Waals surface area contributed by atoms with Gasteiger partial charge in [-0.15, -0.1) is 0 Å². The molecule has 0 aliphatic heterocycles. The van der Waals surface area contributed by atoms with E-state index in [1.54, 1.807) is 0 Å². The van der Waals surface area contributed by atoms with Gasteiger partial charge in [0.05, 0.1) is 13.7 Å². The molecule has 0 spiro atoms. The molecular weight excluding hydrogens is 126 g/mol. The third-order valence-electron chi connectivity index (χ3n) is 0.794. The van der Waals surface area contributed by atoms with E-state index in [9.17, 15) is 4.79 Å². The van der Waals surface area contributed by atoms with Gasteiger partial charge < -0.3 is 9.84 Å². The molecular formula is C4H9NO4. The summed E-state index contributed by atoms with van der Waals surface area (Å²) < 4.78 is 4.19. The number of carbonyl (C=O) groups is 1. The highest BCUT2D eigenvalue weighted by Gasteiger charge is 2.16. The van der Waals surface area contributed by atoms with Gasteiger partial charge in [-0.3, -0.25) is 4.84 Å². The molecule has 9 heavy (non-hydrogen) atoms. The van der Waals surface area contributed by atoms with E-state index in [-0.39, 0.29) is 0 Å². The first-order chi connectivity index (χ1) is 4.26. The van der Waals surface area contributed by atoms with E-state index < -0.39 is 18.7 Å². The molecule has 0 rings (SSSR count). The van der Waals surface area contributed by atoms with Crippen LogP contribution >= 0.6 is 0 Å². The fraction of sp³-hybridized carbons (Fsp3) is 0.750. The van der Waals surface area contributed by atoms with Crippen molar-refractivity contribution in [1.82, 2.24) is 0 Å². The highest BCUT2D eigenvalue weighted by molar-refractivity contribution is 5.74. The minimum absolute atomic E-state index is 0.469.